The molecule has 5 rings (SSSR count). The average Bonchev–Trinajstić information content (AvgIpc) is 3.31. The third-order valence-corrected chi connectivity index (χ3v) is 8.35. The van der Waals surface area contributed by atoms with Crippen LogP contribution in [0.25, 0.3) is 0 Å². The first-order valence-electron chi connectivity index (χ1n) is 10.7. The van der Waals surface area contributed by atoms with E-state index in [4.69, 9.17) is 4.74 Å². The molecule has 1 saturated heterocycles. The molecular weight excluding hydrogens is 449 g/mol. The molecule has 2 aromatic carbocycles. The Morgan fingerprint density at radius 1 is 1.09 bits per heavy atom. The van der Waals surface area contributed by atoms with Gasteiger partial charge < -0.3 is 4.74 Å². The Morgan fingerprint density at radius 2 is 1.94 bits per heavy atom. The van der Waals surface area contributed by atoms with E-state index in [0.29, 0.717) is 17.4 Å². The van der Waals surface area contributed by atoms with Gasteiger partial charge in [0.2, 0.25) is 0 Å². The van der Waals surface area contributed by atoms with E-state index in [9.17, 15) is 12.8 Å². The summed E-state index contributed by atoms with van der Waals surface area (Å²) in [6.45, 7) is 1.47. The quantitative estimate of drug-likeness (QED) is 0.556. The number of nitrogens with one attached hydrogen (secondary N) is 1. The van der Waals surface area contributed by atoms with E-state index in [1.165, 1.54) is 29.7 Å². The lowest BCUT2D eigenvalue weighted by atomic mass is 9.89. The Kier molecular flexibility index (Phi) is 5.88. The molecule has 1 aromatic heterocycles. The highest BCUT2D eigenvalue weighted by Gasteiger charge is 2.34. The second-order valence-corrected chi connectivity index (χ2v) is 10.7. The van der Waals surface area contributed by atoms with Gasteiger partial charge in [-0.2, -0.15) is 0 Å². The molecule has 0 unspecified atom stereocenters. The molecule has 0 bridgehead atoms. The zero-order valence-electron chi connectivity index (χ0n) is 17.4. The summed E-state index contributed by atoms with van der Waals surface area (Å²) in [6, 6.07) is 12.2. The maximum Gasteiger partial charge on any atom is 0.262 e. The molecule has 6 nitrogen and oxygen atoms in total. The first-order chi connectivity index (χ1) is 15.5. The van der Waals surface area contributed by atoms with Crippen molar-refractivity contribution >= 4 is 26.4 Å². The van der Waals surface area contributed by atoms with Crippen LogP contribution in [0.2, 0.25) is 0 Å². The number of hydrogen-bond donors (Lipinski definition) is 1. The lowest BCUT2D eigenvalue weighted by molar-refractivity contribution is 0.0668. The fourth-order valence-electron chi connectivity index (χ4n) is 4.69. The molecule has 0 spiro atoms. The highest BCUT2D eigenvalue weighted by atomic mass is 32.2. The summed E-state index contributed by atoms with van der Waals surface area (Å²) in [5.41, 5.74) is 3.70. The molecule has 1 N–H and O–H groups in total. The van der Waals surface area contributed by atoms with Crippen LogP contribution in [0.3, 0.4) is 0 Å². The number of fused-ring (bicyclic) bond motifs is 1. The number of sulfonamides is 1. The van der Waals surface area contributed by atoms with E-state index in [1.807, 2.05) is 18.2 Å². The maximum atomic E-state index is 13.5. The molecule has 0 amide bonds. The maximum absolute atomic E-state index is 13.5. The van der Waals surface area contributed by atoms with E-state index in [0.717, 1.165) is 43.4 Å². The highest BCUT2D eigenvalue weighted by molar-refractivity contribution is 7.93. The lowest BCUT2D eigenvalue weighted by Crippen LogP contribution is -2.38. The monoisotopic (exact) mass is 473 g/mol. The molecule has 9 heteroatoms. The highest BCUT2D eigenvalue weighted by Crippen LogP contribution is 2.44. The zero-order chi connectivity index (χ0) is 22.1. The third-order valence-electron chi connectivity index (χ3n) is 6.17. The summed E-state index contributed by atoms with van der Waals surface area (Å²) < 4.78 is 47.5. The third kappa shape index (κ3) is 4.24. The number of anilines is 1. The number of hydrogen-bond acceptors (Lipinski definition) is 6. The molecule has 3 heterocycles. The van der Waals surface area contributed by atoms with Crippen molar-refractivity contribution in [2.75, 3.05) is 17.9 Å². The van der Waals surface area contributed by atoms with Crippen LogP contribution in [-0.2, 0) is 10.0 Å². The van der Waals surface area contributed by atoms with Crippen molar-refractivity contribution in [2.45, 2.75) is 42.7 Å². The number of piperidine rings is 1. The summed E-state index contributed by atoms with van der Waals surface area (Å²) in [5.74, 6) is 0.380. The normalized spacial score (nSPS) is 21.5. The van der Waals surface area contributed by atoms with Crippen LogP contribution < -0.4 is 9.46 Å². The topological polar surface area (TPSA) is 71.5 Å². The largest absolute Gasteiger partial charge is 0.493 e. The SMILES string of the molecule is O=S(=O)(Nc1cncs1)c1ccc2c(c1)OCC[C@@H]2N1CCCC[C@@H]1c1ccc(F)cc1. The summed E-state index contributed by atoms with van der Waals surface area (Å²) >= 11 is 1.23. The van der Waals surface area contributed by atoms with E-state index >= 15 is 0 Å². The number of likely N-dealkylation sites (tertiary alicyclic amines) is 1. The van der Waals surface area contributed by atoms with Crippen LogP contribution in [0.5, 0.6) is 5.75 Å². The smallest absolute Gasteiger partial charge is 0.262 e. The lowest BCUT2D eigenvalue weighted by Gasteiger charge is -2.43. The zero-order valence-corrected chi connectivity index (χ0v) is 19.0. The molecule has 32 heavy (non-hydrogen) atoms. The van der Waals surface area contributed by atoms with Crippen LogP contribution in [0.4, 0.5) is 9.39 Å². The number of benzene rings is 2. The molecule has 0 radical (unpaired) electrons. The van der Waals surface area contributed by atoms with Gasteiger partial charge in [-0.25, -0.2) is 12.8 Å². The molecule has 2 aliphatic rings. The first-order valence-corrected chi connectivity index (χ1v) is 13.1. The van der Waals surface area contributed by atoms with Crippen LogP contribution in [-0.4, -0.2) is 31.5 Å². The molecular formula is C23H24FN3O3S2. The minimum Gasteiger partial charge on any atom is -0.493 e. The van der Waals surface area contributed by atoms with Gasteiger partial charge in [-0.15, -0.1) is 11.3 Å². The molecule has 3 aromatic rings. The Hall–Kier alpha value is -2.49. The molecule has 0 saturated carbocycles. The molecule has 168 valence electrons. The summed E-state index contributed by atoms with van der Waals surface area (Å²) in [4.78, 5) is 6.55. The predicted molar refractivity (Wildman–Crippen MR) is 122 cm³/mol. The molecule has 2 atom stereocenters. The number of ether oxygens (including phenoxy) is 1. The van der Waals surface area contributed by atoms with E-state index in [2.05, 4.69) is 14.6 Å². The van der Waals surface area contributed by atoms with Gasteiger partial charge in [-0.1, -0.05) is 24.6 Å². The Balaban J connectivity index is 1.44. The fourth-order valence-corrected chi connectivity index (χ4v) is 6.51. The van der Waals surface area contributed by atoms with Crippen molar-refractivity contribution in [3.8, 4) is 5.75 Å². The minimum absolute atomic E-state index is 0.125. The Bertz CT molecular complexity index is 1180. The summed E-state index contributed by atoms with van der Waals surface area (Å²) in [7, 11) is -3.73. The molecule has 1 fully saturated rings. The summed E-state index contributed by atoms with van der Waals surface area (Å²) in [5, 5.41) is 0.469. The van der Waals surface area contributed by atoms with Crippen LogP contribution in [0.15, 0.2) is 59.1 Å². The number of nitrogens with zero attached hydrogens (tertiary/aromatic N) is 2. The van der Waals surface area contributed by atoms with Crippen LogP contribution in [0, 0.1) is 5.82 Å². The number of halogens is 1. The van der Waals surface area contributed by atoms with Crippen LogP contribution in [0.1, 0.15) is 48.9 Å². The van der Waals surface area contributed by atoms with Gasteiger partial charge in [-0.3, -0.25) is 14.6 Å². The Morgan fingerprint density at radius 3 is 2.72 bits per heavy atom. The van der Waals surface area contributed by atoms with Gasteiger partial charge in [0.05, 0.1) is 23.2 Å². The minimum atomic E-state index is -3.73. The second kappa shape index (κ2) is 8.80. The second-order valence-electron chi connectivity index (χ2n) is 8.12. The van der Waals surface area contributed by atoms with Gasteiger partial charge in [0.25, 0.3) is 10.0 Å². The first kappa shape index (κ1) is 21.4. The predicted octanol–water partition coefficient (Wildman–Crippen LogP) is 5.13. The van der Waals surface area contributed by atoms with Crippen molar-refractivity contribution in [1.29, 1.82) is 0 Å². The van der Waals surface area contributed by atoms with Crippen LogP contribution >= 0.6 is 11.3 Å². The molecule has 2 aliphatic heterocycles. The van der Waals surface area contributed by atoms with Gasteiger partial charge >= 0.3 is 0 Å². The van der Waals surface area contributed by atoms with E-state index in [1.54, 1.807) is 17.6 Å². The van der Waals surface area contributed by atoms with Gasteiger partial charge in [0, 0.05) is 30.1 Å². The van der Waals surface area contributed by atoms with E-state index in [-0.39, 0.29) is 22.8 Å². The Labute approximate surface area is 191 Å². The van der Waals surface area contributed by atoms with Crippen molar-refractivity contribution in [3.63, 3.8) is 0 Å². The van der Waals surface area contributed by atoms with Crippen molar-refractivity contribution in [3.05, 3.63) is 71.1 Å². The average molecular weight is 474 g/mol. The van der Waals surface area contributed by atoms with Gasteiger partial charge in [0.1, 0.15) is 16.6 Å². The number of thiazole rings is 1. The van der Waals surface area contributed by atoms with E-state index < -0.39 is 10.0 Å². The fraction of sp³-hybridized carbons (Fsp3) is 0.348. The molecule has 0 aliphatic carbocycles. The standard InChI is InChI=1S/C23H24FN3O3S2/c24-17-6-4-16(5-7-17)20-3-1-2-11-27(20)21-10-12-30-22-13-18(8-9-19(21)22)32(28,29)26-23-14-25-15-31-23/h4-9,13-15,20-21,26H,1-3,10-12H2/t20-,21+/m1/s1. The summed E-state index contributed by atoms with van der Waals surface area (Å²) in [6.07, 6.45) is 5.57. The number of aromatic nitrogens is 1. The number of rotatable bonds is 5. The van der Waals surface area contributed by atoms with Crippen molar-refractivity contribution < 1.29 is 17.5 Å². The van der Waals surface area contributed by atoms with Crippen molar-refractivity contribution in [2.24, 2.45) is 0 Å². The van der Waals surface area contributed by atoms with Gasteiger partial charge in [-0.05, 0) is 43.1 Å². The van der Waals surface area contributed by atoms with Gasteiger partial charge in [0.15, 0.2) is 0 Å². The van der Waals surface area contributed by atoms with Crippen molar-refractivity contribution in [1.82, 2.24) is 9.88 Å².